The third kappa shape index (κ3) is 7.07. The van der Waals surface area contributed by atoms with Gasteiger partial charge in [0.2, 0.25) is 11.8 Å². The Morgan fingerprint density at radius 1 is 0.909 bits per heavy atom. The number of rotatable bonds is 9. The van der Waals surface area contributed by atoms with Crippen molar-refractivity contribution in [2.75, 3.05) is 6.54 Å². The predicted molar refractivity (Wildman–Crippen MR) is 137 cm³/mol. The van der Waals surface area contributed by atoms with Gasteiger partial charge in [-0.3, -0.25) is 9.59 Å². The smallest absolute Gasteiger partial charge is 0.243 e. The summed E-state index contributed by atoms with van der Waals surface area (Å²) in [5.41, 5.74) is 2.44. The molecule has 0 fully saturated rings. The standard InChI is InChI=1S/C26H25BrCl2N2O2/c1-2-30-26(33)24(15-18-7-4-3-5-8-18)31(17-19-11-13-20(27)14-12-19)25(32)16-21-22(28)9-6-10-23(21)29/h3-14,24H,2,15-17H2,1H3,(H,30,33)/t24-/m0/s1. The van der Waals surface area contributed by atoms with Gasteiger partial charge in [-0.25, -0.2) is 0 Å². The average Bonchev–Trinajstić information content (AvgIpc) is 2.80. The van der Waals surface area contributed by atoms with Crippen molar-refractivity contribution in [3.63, 3.8) is 0 Å². The van der Waals surface area contributed by atoms with E-state index in [1.54, 1.807) is 23.1 Å². The Balaban J connectivity index is 1.98. The largest absolute Gasteiger partial charge is 0.355 e. The lowest BCUT2D eigenvalue weighted by Gasteiger charge is -2.32. The van der Waals surface area contributed by atoms with Crippen LogP contribution in [-0.2, 0) is 29.0 Å². The van der Waals surface area contributed by atoms with E-state index >= 15 is 0 Å². The second kappa shape index (κ2) is 12.2. The zero-order valence-corrected chi connectivity index (χ0v) is 21.3. The summed E-state index contributed by atoms with van der Waals surface area (Å²) in [6, 6.07) is 21.9. The fraction of sp³-hybridized carbons (Fsp3) is 0.231. The van der Waals surface area contributed by atoms with Crippen molar-refractivity contribution in [1.29, 1.82) is 0 Å². The van der Waals surface area contributed by atoms with E-state index < -0.39 is 6.04 Å². The van der Waals surface area contributed by atoms with E-state index in [0.29, 0.717) is 28.6 Å². The summed E-state index contributed by atoms with van der Waals surface area (Å²) in [5, 5.41) is 3.75. The molecule has 7 heteroatoms. The number of halogens is 3. The summed E-state index contributed by atoms with van der Waals surface area (Å²) in [6.45, 7) is 2.62. The topological polar surface area (TPSA) is 49.4 Å². The fourth-order valence-corrected chi connectivity index (χ4v) is 4.38. The monoisotopic (exact) mass is 546 g/mol. The Morgan fingerprint density at radius 2 is 1.55 bits per heavy atom. The molecule has 1 atom stereocenters. The molecule has 0 radical (unpaired) electrons. The van der Waals surface area contributed by atoms with Crippen molar-refractivity contribution in [1.82, 2.24) is 10.2 Å². The number of nitrogens with one attached hydrogen (secondary N) is 1. The lowest BCUT2D eigenvalue weighted by atomic mass is 10.0. The minimum absolute atomic E-state index is 0.000268. The van der Waals surface area contributed by atoms with Crippen LogP contribution in [0.15, 0.2) is 77.3 Å². The van der Waals surface area contributed by atoms with E-state index in [-0.39, 0.29) is 24.8 Å². The first-order valence-electron chi connectivity index (χ1n) is 10.7. The molecule has 0 aromatic heterocycles. The van der Waals surface area contributed by atoms with E-state index in [0.717, 1.165) is 15.6 Å². The third-order valence-corrected chi connectivity index (χ3v) is 6.51. The predicted octanol–water partition coefficient (Wildman–Crippen LogP) is 6.07. The first-order chi connectivity index (χ1) is 15.9. The quantitative estimate of drug-likeness (QED) is 0.353. The summed E-state index contributed by atoms with van der Waals surface area (Å²) in [4.78, 5) is 28.4. The maximum Gasteiger partial charge on any atom is 0.243 e. The molecule has 0 aliphatic heterocycles. The van der Waals surface area contributed by atoms with Crippen molar-refractivity contribution >= 4 is 50.9 Å². The van der Waals surface area contributed by atoms with Gasteiger partial charge in [0.1, 0.15) is 6.04 Å². The highest BCUT2D eigenvalue weighted by Crippen LogP contribution is 2.26. The van der Waals surface area contributed by atoms with Crippen LogP contribution in [0.3, 0.4) is 0 Å². The average molecular weight is 548 g/mol. The maximum absolute atomic E-state index is 13.6. The molecule has 3 aromatic carbocycles. The van der Waals surface area contributed by atoms with Gasteiger partial charge >= 0.3 is 0 Å². The number of amides is 2. The van der Waals surface area contributed by atoms with Gasteiger partial charge in [0.25, 0.3) is 0 Å². The molecule has 1 N–H and O–H groups in total. The second-order valence-electron chi connectivity index (χ2n) is 7.63. The van der Waals surface area contributed by atoms with Gasteiger partial charge in [-0.05, 0) is 47.9 Å². The van der Waals surface area contributed by atoms with Crippen LogP contribution in [0.4, 0.5) is 0 Å². The normalized spacial score (nSPS) is 11.6. The minimum Gasteiger partial charge on any atom is -0.355 e. The van der Waals surface area contributed by atoms with E-state index in [4.69, 9.17) is 23.2 Å². The van der Waals surface area contributed by atoms with E-state index in [1.165, 1.54) is 0 Å². The highest BCUT2D eigenvalue weighted by atomic mass is 79.9. The van der Waals surface area contributed by atoms with Crippen LogP contribution in [0.25, 0.3) is 0 Å². The van der Waals surface area contributed by atoms with Gasteiger partial charge in [0.05, 0.1) is 6.42 Å². The van der Waals surface area contributed by atoms with Gasteiger partial charge < -0.3 is 10.2 Å². The van der Waals surface area contributed by atoms with Crippen molar-refractivity contribution in [2.45, 2.75) is 32.4 Å². The van der Waals surface area contributed by atoms with Crippen molar-refractivity contribution in [3.8, 4) is 0 Å². The summed E-state index contributed by atoms with van der Waals surface area (Å²) in [6.07, 6.45) is 0.394. The van der Waals surface area contributed by atoms with Crippen LogP contribution in [0.5, 0.6) is 0 Å². The number of nitrogens with zero attached hydrogens (tertiary/aromatic N) is 1. The van der Waals surface area contributed by atoms with Crippen LogP contribution in [0, 0.1) is 0 Å². The molecule has 0 aliphatic carbocycles. The molecule has 0 bridgehead atoms. The number of hydrogen-bond donors (Lipinski definition) is 1. The molecule has 4 nitrogen and oxygen atoms in total. The molecule has 0 unspecified atom stereocenters. The molecular formula is C26H25BrCl2N2O2. The summed E-state index contributed by atoms with van der Waals surface area (Å²) < 4.78 is 0.941. The van der Waals surface area contributed by atoms with Crippen LogP contribution in [-0.4, -0.2) is 29.3 Å². The van der Waals surface area contributed by atoms with Crippen LogP contribution in [0.2, 0.25) is 10.0 Å². The van der Waals surface area contributed by atoms with Crippen LogP contribution < -0.4 is 5.32 Å². The molecule has 3 aromatic rings. The first kappa shape index (κ1) is 25.3. The molecule has 0 aliphatic rings. The highest BCUT2D eigenvalue weighted by molar-refractivity contribution is 9.10. The molecule has 2 amide bonds. The third-order valence-electron chi connectivity index (χ3n) is 5.28. The van der Waals surface area contributed by atoms with Crippen molar-refractivity contribution in [2.24, 2.45) is 0 Å². The summed E-state index contributed by atoms with van der Waals surface area (Å²) in [7, 11) is 0. The Labute approximate surface area is 213 Å². The van der Waals surface area contributed by atoms with Crippen molar-refractivity contribution in [3.05, 3.63) is 104 Å². The molecule has 33 heavy (non-hydrogen) atoms. The van der Waals surface area contributed by atoms with Gasteiger partial charge in [0.15, 0.2) is 0 Å². The Kier molecular flexibility index (Phi) is 9.36. The minimum atomic E-state index is -0.690. The Bertz CT molecular complexity index is 1070. The van der Waals surface area contributed by atoms with Crippen LogP contribution in [0.1, 0.15) is 23.6 Å². The van der Waals surface area contributed by atoms with Gasteiger partial charge in [-0.1, -0.05) is 87.7 Å². The lowest BCUT2D eigenvalue weighted by molar-refractivity contribution is -0.140. The van der Waals surface area contributed by atoms with Crippen molar-refractivity contribution < 1.29 is 9.59 Å². The maximum atomic E-state index is 13.6. The van der Waals surface area contributed by atoms with Gasteiger partial charge in [0, 0.05) is 34.0 Å². The summed E-state index contributed by atoms with van der Waals surface area (Å²) >= 11 is 16.1. The zero-order chi connectivity index (χ0) is 23.8. The number of benzene rings is 3. The molecule has 0 saturated carbocycles. The number of carbonyl (C=O) groups is 2. The molecular weight excluding hydrogens is 523 g/mol. The second-order valence-corrected chi connectivity index (χ2v) is 9.36. The lowest BCUT2D eigenvalue weighted by Crippen LogP contribution is -2.51. The molecule has 0 spiro atoms. The first-order valence-corrected chi connectivity index (χ1v) is 12.2. The molecule has 172 valence electrons. The SMILES string of the molecule is CCNC(=O)[C@H](Cc1ccccc1)N(Cc1ccc(Br)cc1)C(=O)Cc1c(Cl)cccc1Cl. The number of carbonyl (C=O) groups excluding carboxylic acids is 2. The van der Waals surface area contributed by atoms with Crippen LogP contribution >= 0.6 is 39.1 Å². The molecule has 0 heterocycles. The highest BCUT2D eigenvalue weighted by Gasteiger charge is 2.30. The summed E-state index contributed by atoms with van der Waals surface area (Å²) in [5.74, 6) is -0.419. The molecule has 0 saturated heterocycles. The zero-order valence-electron chi connectivity index (χ0n) is 18.2. The van der Waals surface area contributed by atoms with Gasteiger partial charge in [-0.15, -0.1) is 0 Å². The van der Waals surface area contributed by atoms with E-state index in [2.05, 4.69) is 21.2 Å². The number of hydrogen-bond acceptors (Lipinski definition) is 2. The fourth-order valence-electron chi connectivity index (χ4n) is 3.59. The molecule has 3 rings (SSSR count). The van der Waals surface area contributed by atoms with Gasteiger partial charge in [-0.2, -0.15) is 0 Å². The van der Waals surface area contributed by atoms with E-state index in [1.807, 2.05) is 61.5 Å². The van der Waals surface area contributed by atoms with E-state index in [9.17, 15) is 9.59 Å². The Morgan fingerprint density at radius 3 is 2.15 bits per heavy atom. The Hall–Kier alpha value is -2.34. The number of likely N-dealkylation sites (N-methyl/N-ethyl adjacent to an activating group) is 1.